The minimum atomic E-state index is -3.06. The van der Waals surface area contributed by atoms with E-state index in [0.717, 1.165) is 18.5 Å². The van der Waals surface area contributed by atoms with Crippen LogP contribution in [0.4, 0.5) is 0 Å². The summed E-state index contributed by atoms with van der Waals surface area (Å²) in [6, 6.07) is 4.14. The van der Waals surface area contributed by atoms with Crippen LogP contribution in [0.2, 0.25) is 0 Å². The van der Waals surface area contributed by atoms with Crippen LogP contribution in [0.25, 0.3) is 0 Å². The van der Waals surface area contributed by atoms with Gasteiger partial charge in [-0.2, -0.15) is 0 Å². The van der Waals surface area contributed by atoms with Crippen LogP contribution in [-0.4, -0.2) is 32.7 Å². The molecule has 0 aromatic carbocycles. The van der Waals surface area contributed by atoms with Gasteiger partial charge in [-0.3, -0.25) is 4.98 Å². The molecule has 1 heterocycles. The average Bonchev–Trinajstić information content (AvgIpc) is 2.28. The molecule has 1 rings (SSSR count). The second kappa shape index (κ2) is 6.68. The van der Waals surface area contributed by atoms with Crippen molar-refractivity contribution in [2.45, 2.75) is 19.4 Å². The number of sulfonamides is 1. The lowest BCUT2D eigenvalue weighted by atomic mass is 10.1. The summed E-state index contributed by atoms with van der Waals surface area (Å²) in [5.41, 5.74) is 1.13. The van der Waals surface area contributed by atoms with Crippen molar-refractivity contribution in [3.05, 3.63) is 30.1 Å². The van der Waals surface area contributed by atoms with Crippen molar-refractivity contribution in [3.63, 3.8) is 0 Å². The number of nitrogens with one attached hydrogen (secondary N) is 2. The molecule has 5 nitrogen and oxygen atoms in total. The molecule has 0 saturated heterocycles. The SMILES string of the molecule is CC(NCCCNS(C)(=O)=O)c1cccnc1. The zero-order valence-electron chi connectivity index (χ0n) is 10.2. The van der Waals surface area contributed by atoms with Crippen LogP contribution in [0.3, 0.4) is 0 Å². The maximum absolute atomic E-state index is 10.8. The molecule has 17 heavy (non-hydrogen) atoms. The van der Waals surface area contributed by atoms with Crippen molar-refractivity contribution in [1.29, 1.82) is 0 Å². The van der Waals surface area contributed by atoms with Gasteiger partial charge < -0.3 is 5.32 Å². The molecule has 6 heteroatoms. The number of nitrogens with zero attached hydrogens (tertiary/aromatic N) is 1. The molecule has 1 aromatic heterocycles. The summed E-state index contributed by atoms with van der Waals surface area (Å²) in [7, 11) is -3.06. The number of rotatable bonds is 7. The highest BCUT2D eigenvalue weighted by Gasteiger charge is 2.04. The van der Waals surface area contributed by atoms with Crippen molar-refractivity contribution < 1.29 is 8.42 Å². The Hall–Kier alpha value is -0.980. The van der Waals surface area contributed by atoms with E-state index in [0.29, 0.717) is 6.54 Å². The predicted molar refractivity (Wildman–Crippen MR) is 68.1 cm³/mol. The van der Waals surface area contributed by atoms with Crippen molar-refractivity contribution >= 4 is 10.0 Å². The molecule has 0 aliphatic carbocycles. The second-order valence-corrected chi connectivity index (χ2v) is 5.82. The summed E-state index contributed by atoms with van der Waals surface area (Å²) in [5.74, 6) is 0. The van der Waals surface area contributed by atoms with Crippen molar-refractivity contribution in [2.75, 3.05) is 19.3 Å². The third kappa shape index (κ3) is 6.35. The third-order valence-electron chi connectivity index (χ3n) is 2.35. The van der Waals surface area contributed by atoms with Crippen molar-refractivity contribution in [3.8, 4) is 0 Å². The Morgan fingerprint density at radius 1 is 1.41 bits per heavy atom. The first-order valence-corrected chi connectivity index (χ1v) is 7.46. The van der Waals surface area contributed by atoms with Crippen LogP contribution < -0.4 is 10.0 Å². The van der Waals surface area contributed by atoms with Gasteiger partial charge in [0.15, 0.2) is 0 Å². The summed E-state index contributed by atoms with van der Waals surface area (Å²) < 4.78 is 24.1. The van der Waals surface area contributed by atoms with E-state index in [4.69, 9.17) is 0 Å². The molecular formula is C11H19N3O2S. The topological polar surface area (TPSA) is 71.1 Å². The summed E-state index contributed by atoms with van der Waals surface area (Å²) >= 11 is 0. The molecular weight excluding hydrogens is 238 g/mol. The molecule has 0 bridgehead atoms. The average molecular weight is 257 g/mol. The minimum absolute atomic E-state index is 0.224. The Morgan fingerprint density at radius 3 is 2.76 bits per heavy atom. The quantitative estimate of drug-likeness (QED) is 0.704. The first-order valence-electron chi connectivity index (χ1n) is 5.57. The predicted octanol–water partition coefficient (Wildman–Crippen LogP) is 0.671. The van der Waals surface area contributed by atoms with E-state index in [9.17, 15) is 8.42 Å². The van der Waals surface area contributed by atoms with Gasteiger partial charge in [-0.15, -0.1) is 0 Å². The van der Waals surface area contributed by atoms with Gasteiger partial charge in [0.1, 0.15) is 0 Å². The van der Waals surface area contributed by atoms with Crippen LogP contribution in [0.15, 0.2) is 24.5 Å². The highest BCUT2D eigenvalue weighted by atomic mass is 32.2. The minimum Gasteiger partial charge on any atom is -0.310 e. The van der Waals surface area contributed by atoms with Gasteiger partial charge in [0, 0.05) is 25.0 Å². The van der Waals surface area contributed by atoms with Crippen molar-refractivity contribution in [1.82, 2.24) is 15.0 Å². The molecule has 1 unspecified atom stereocenters. The van der Waals surface area contributed by atoms with Gasteiger partial charge in [-0.1, -0.05) is 6.07 Å². The van der Waals surface area contributed by atoms with Gasteiger partial charge in [0.05, 0.1) is 6.26 Å². The maximum Gasteiger partial charge on any atom is 0.208 e. The molecule has 0 fully saturated rings. The van der Waals surface area contributed by atoms with Crippen LogP contribution in [0.1, 0.15) is 24.9 Å². The van der Waals surface area contributed by atoms with E-state index in [2.05, 4.69) is 21.9 Å². The number of hydrogen-bond donors (Lipinski definition) is 2. The van der Waals surface area contributed by atoms with E-state index >= 15 is 0 Å². The maximum atomic E-state index is 10.8. The van der Waals surface area contributed by atoms with Gasteiger partial charge in [0.2, 0.25) is 10.0 Å². The van der Waals surface area contributed by atoms with Crippen molar-refractivity contribution in [2.24, 2.45) is 0 Å². The Kier molecular flexibility index (Phi) is 5.54. The lowest BCUT2D eigenvalue weighted by Crippen LogP contribution is -2.27. The Bertz CT molecular complexity index is 420. The van der Waals surface area contributed by atoms with Gasteiger partial charge in [-0.05, 0) is 31.5 Å². The summed E-state index contributed by atoms with van der Waals surface area (Å²) in [6.07, 6.45) is 5.50. The molecule has 0 aliphatic heterocycles. The van der Waals surface area contributed by atoms with Gasteiger partial charge in [0.25, 0.3) is 0 Å². The normalized spacial score (nSPS) is 13.5. The summed E-state index contributed by atoms with van der Waals surface area (Å²) in [6.45, 7) is 3.28. The monoisotopic (exact) mass is 257 g/mol. The largest absolute Gasteiger partial charge is 0.310 e. The lowest BCUT2D eigenvalue weighted by molar-refractivity contribution is 0.547. The fraction of sp³-hybridized carbons (Fsp3) is 0.545. The Labute approximate surface area is 103 Å². The highest BCUT2D eigenvalue weighted by molar-refractivity contribution is 7.88. The summed E-state index contributed by atoms with van der Waals surface area (Å²) in [4.78, 5) is 4.05. The molecule has 0 saturated carbocycles. The molecule has 1 atom stereocenters. The molecule has 1 aromatic rings. The lowest BCUT2D eigenvalue weighted by Gasteiger charge is -2.13. The van der Waals surface area contributed by atoms with E-state index in [1.165, 1.54) is 6.26 Å². The molecule has 0 spiro atoms. The van der Waals surface area contributed by atoms with Gasteiger partial charge in [-0.25, -0.2) is 13.1 Å². The smallest absolute Gasteiger partial charge is 0.208 e. The zero-order valence-corrected chi connectivity index (χ0v) is 11.0. The molecule has 96 valence electrons. The first kappa shape index (κ1) is 14.1. The molecule has 2 N–H and O–H groups in total. The number of hydrogen-bond acceptors (Lipinski definition) is 4. The van der Waals surface area contributed by atoms with Crippen LogP contribution >= 0.6 is 0 Å². The standard InChI is InChI=1S/C11H19N3O2S/c1-10(11-5-3-6-12-9-11)13-7-4-8-14-17(2,15)16/h3,5-6,9-10,13-14H,4,7-8H2,1-2H3. The fourth-order valence-corrected chi connectivity index (χ4v) is 1.93. The third-order valence-corrected chi connectivity index (χ3v) is 3.08. The van der Waals surface area contributed by atoms with Crippen LogP contribution in [-0.2, 0) is 10.0 Å². The molecule has 0 aliphatic rings. The van der Waals surface area contributed by atoms with Crippen LogP contribution in [0.5, 0.6) is 0 Å². The molecule has 0 amide bonds. The Balaban J connectivity index is 2.19. The zero-order chi connectivity index (χ0) is 12.7. The van der Waals surface area contributed by atoms with Crippen LogP contribution in [0, 0.1) is 0 Å². The Morgan fingerprint density at radius 2 is 2.18 bits per heavy atom. The second-order valence-electron chi connectivity index (χ2n) is 3.98. The number of aromatic nitrogens is 1. The first-order chi connectivity index (χ1) is 7.99. The molecule has 0 radical (unpaired) electrons. The van der Waals surface area contributed by atoms with E-state index in [1.54, 1.807) is 6.20 Å². The fourth-order valence-electron chi connectivity index (χ4n) is 1.41. The van der Waals surface area contributed by atoms with E-state index in [-0.39, 0.29) is 6.04 Å². The highest BCUT2D eigenvalue weighted by Crippen LogP contribution is 2.08. The number of pyridine rings is 1. The van der Waals surface area contributed by atoms with Gasteiger partial charge >= 0.3 is 0 Å². The summed E-state index contributed by atoms with van der Waals surface area (Å²) in [5, 5.41) is 3.31. The van der Waals surface area contributed by atoms with E-state index < -0.39 is 10.0 Å². The van der Waals surface area contributed by atoms with E-state index in [1.807, 2.05) is 18.3 Å².